The maximum atomic E-state index is 12.1. The van der Waals surface area contributed by atoms with Gasteiger partial charge in [-0.25, -0.2) is 4.79 Å². The summed E-state index contributed by atoms with van der Waals surface area (Å²) in [4.78, 5) is 25.0. The van der Waals surface area contributed by atoms with E-state index in [4.69, 9.17) is 4.74 Å². The number of aliphatic hydroxyl groups excluding tert-OH is 1. The second-order valence-electron chi connectivity index (χ2n) is 6.78. The second kappa shape index (κ2) is 7.21. The van der Waals surface area contributed by atoms with E-state index in [1.54, 1.807) is 13.8 Å². The molecule has 6 heteroatoms. The minimum atomic E-state index is -0.946. The van der Waals surface area contributed by atoms with Gasteiger partial charge >= 0.3 is 6.03 Å². The van der Waals surface area contributed by atoms with Crippen molar-refractivity contribution in [2.24, 2.45) is 0 Å². The number of hydrogen-bond acceptors (Lipinski definition) is 4. The predicted octanol–water partition coefficient (Wildman–Crippen LogP) is 2.27. The van der Waals surface area contributed by atoms with Crippen LogP contribution in [0.4, 0.5) is 4.79 Å². The minimum Gasteiger partial charge on any atom is -0.491 e. The van der Waals surface area contributed by atoms with Gasteiger partial charge in [0, 0.05) is 0 Å². The van der Waals surface area contributed by atoms with E-state index in [0.717, 1.165) is 22.6 Å². The highest BCUT2D eigenvalue weighted by molar-refractivity contribution is 6.06. The molecule has 1 saturated heterocycles. The fraction of sp³-hybridized carbons (Fsp3) is 0.556. The molecular formula is C18H26N2O4. The third-order valence-electron chi connectivity index (χ3n) is 4.33. The number of para-hydroxylation sites is 1. The summed E-state index contributed by atoms with van der Waals surface area (Å²) in [5, 5.41) is 12.8. The number of carbonyl (C=O) groups is 2. The van der Waals surface area contributed by atoms with E-state index in [2.05, 4.69) is 19.2 Å². The summed E-state index contributed by atoms with van der Waals surface area (Å²) in [5.74, 6) is 0.736. The number of amides is 3. The molecule has 1 aliphatic rings. The van der Waals surface area contributed by atoms with E-state index in [1.807, 2.05) is 24.3 Å². The van der Waals surface area contributed by atoms with Crippen molar-refractivity contribution in [2.75, 3.05) is 13.2 Å². The maximum absolute atomic E-state index is 12.1. The maximum Gasteiger partial charge on any atom is 0.325 e. The molecule has 0 aromatic heterocycles. The zero-order chi connectivity index (χ0) is 17.9. The first-order valence-electron chi connectivity index (χ1n) is 8.30. The van der Waals surface area contributed by atoms with Crippen LogP contribution in [0.1, 0.15) is 45.6 Å². The van der Waals surface area contributed by atoms with Crippen molar-refractivity contribution in [3.63, 3.8) is 0 Å². The predicted molar refractivity (Wildman–Crippen MR) is 91.0 cm³/mol. The molecule has 132 valence electrons. The molecule has 2 N–H and O–H groups in total. The number of nitrogens with zero attached hydrogens (tertiary/aromatic N) is 1. The molecule has 1 aliphatic heterocycles. The van der Waals surface area contributed by atoms with Crippen molar-refractivity contribution < 1.29 is 19.4 Å². The van der Waals surface area contributed by atoms with Crippen molar-refractivity contribution in [2.45, 2.75) is 51.7 Å². The summed E-state index contributed by atoms with van der Waals surface area (Å²) in [7, 11) is 0. The summed E-state index contributed by atoms with van der Waals surface area (Å²) in [6.07, 6.45) is 0.0408. The minimum absolute atomic E-state index is 0.0188. The van der Waals surface area contributed by atoms with E-state index in [0.29, 0.717) is 5.92 Å². The SMILES string of the molecule is CC[C@@H](C)c1ccccc1OC[C@@H](O)CN1C(=O)NC(C)(C)C1=O. The average Bonchev–Trinajstić information content (AvgIpc) is 2.74. The van der Waals surface area contributed by atoms with Crippen molar-refractivity contribution in [3.05, 3.63) is 29.8 Å². The van der Waals surface area contributed by atoms with Crippen LogP contribution in [-0.2, 0) is 4.79 Å². The van der Waals surface area contributed by atoms with Gasteiger partial charge < -0.3 is 15.2 Å². The smallest absolute Gasteiger partial charge is 0.325 e. The fourth-order valence-corrected chi connectivity index (χ4v) is 2.67. The molecule has 2 atom stereocenters. The zero-order valence-corrected chi connectivity index (χ0v) is 14.7. The van der Waals surface area contributed by atoms with E-state index in [-0.39, 0.29) is 19.1 Å². The molecule has 0 saturated carbocycles. The van der Waals surface area contributed by atoms with E-state index in [1.165, 1.54) is 0 Å². The Morgan fingerprint density at radius 3 is 2.54 bits per heavy atom. The van der Waals surface area contributed by atoms with Crippen LogP contribution in [0.25, 0.3) is 0 Å². The Morgan fingerprint density at radius 2 is 1.96 bits per heavy atom. The van der Waals surface area contributed by atoms with E-state index >= 15 is 0 Å². The lowest BCUT2D eigenvalue weighted by molar-refractivity contribution is -0.131. The van der Waals surface area contributed by atoms with Gasteiger partial charge in [0.05, 0.1) is 6.54 Å². The van der Waals surface area contributed by atoms with Crippen molar-refractivity contribution >= 4 is 11.9 Å². The number of urea groups is 1. The molecule has 0 unspecified atom stereocenters. The molecule has 1 fully saturated rings. The molecule has 3 amide bonds. The number of ether oxygens (including phenoxy) is 1. The standard InChI is InChI=1S/C18H26N2O4/c1-5-12(2)14-8-6-7-9-15(14)24-11-13(21)10-20-16(22)18(3,4)19-17(20)23/h6-9,12-13,21H,5,10-11H2,1-4H3,(H,19,23)/t12-,13+/m1/s1. The van der Waals surface area contributed by atoms with Gasteiger partial charge in [0.2, 0.25) is 0 Å². The van der Waals surface area contributed by atoms with Crippen molar-refractivity contribution in [3.8, 4) is 5.75 Å². The van der Waals surface area contributed by atoms with Gasteiger partial charge in [-0.15, -0.1) is 0 Å². The largest absolute Gasteiger partial charge is 0.491 e. The number of hydrogen-bond donors (Lipinski definition) is 2. The van der Waals surface area contributed by atoms with Crippen LogP contribution in [0, 0.1) is 0 Å². The molecule has 1 aromatic carbocycles. The summed E-state index contributed by atoms with van der Waals surface area (Å²) < 4.78 is 5.73. The number of carbonyl (C=O) groups excluding carboxylic acids is 2. The van der Waals surface area contributed by atoms with Crippen molar-refractivity contribution in [1.29, 1.82) is 0 Å². The molecule has 2 rings (SSSR count). The lowest BCUT2D eigenvalue weighted by Crippen LogP contribution is -2.42. The van der Waals surface area contributed by atoms with E-state index in [9.17, 15) is 14.7 Å². The number of nitrogens with one attached hydrogen (secondary N) is 1. The highest BCUT2D eigenvalue weighted by atomic mass is 16.5. The Balaban J connectivity index is 1.96. The topological polar surface area (TPSA) is 78.9 Å². The van der Waals surface area contributed by atoms with Gasteiger partial charge in [-0.05, 0) is 37.8 Å². The van der Waals surface area contributed by atoms with Crippen LogP contribution in [0.5, 0.6) is 5.75 Å². The molecule has 0 radical (unpaired) electrons. The van der Waals surface area contributed by atoms with Crippen molar-refractivity contribution in [1.82, 2.24) is 10.2 Å². The number of benzene rings is 1. The number of β-amino-alcohol motifs (C(OH)–C–C–N with tert-alkyl or cyclic N) is 1. The van der Waals surface area contributed by atoms with Gasteiger partial charge in [-0.3, -0.25) is 9.69 Å². The number of imide groups is 1. The summed E-state index contributed by atoms with van der Waals surface area (Å²) in [6.45, 7) is 7.44. The Morgan fingerprint density at radius 1 is 1.29 bits per heavy atom. The van der Waals surface area contributed by atoms with Crippen LogP contribution in [-0.4, -0.2) is 46.7 Å². The summed E-state index contributed by atoms with van der Waals surface area (Å²) in [5.41, 5.74) is 0.157. The lowest BCUT2D eigenvalue weighted by atomic mass is 9.98. The monoisotopic (exact) mass is 334 g/mol. The van der Waals surface area contributed by atoms with Crippen LogP contribution in [0.15, 0.2) is 24.3 Å². The fourth-order valence-electron chi connectivity index (χ4n) is 2.67. The van der Waals surface area contributed by atoms with Crippen LogP contribution in [0.2, 0.25) is 0 Å². The highest BCUT2D eigenvalue weighted by Gasteiger charge is 2.44. The zero-order valence-electron chi connectivity index (χ0n) is 14.7. The van der Waals surface area contributed by atoms with Gasteiger partial charge in [0.15, 0.2) is 0 Å². The van der Waals surface area contributed by atoms with Gasteiger partial charge in [-0.1, -0.05) is 32.0 Å². The van der Waals surface area contributed by atoms with Crippen LogP contribution in [0.3, 0.4) is 0 Å². The number of rotatable bonds is 7. The molecule has 0 spiro atoms. The third-order valence-corrected chi connectivity index (χ3v) is 4.33. The van der Waals surface area contributed by atoms with Gasteiger partial charge in [0.1, 0.15) is 24.0 Å². The average molecular weight is 334 g/mol. The summed E-state index contributed by atoms with van der Waals surface area (Å²) in [6, 6.07) is 7.23. The van der Waals surface area contributed by atoms with Gasteiger partial charge in [0.25, 0.3) is 5.91 Å². The summed E-state index contributed by atoms with van der Waals surface area (Å²) >= 11 is 0. The molecule has 1 heterocycles. The molecule has 0 bridgehead atoms. The third kappa shape index (κ3) is 3.87. The molecule has 24 heavy (non-hydrogen) atoms. The molecular weight excluding hydrogens is 308 g/mol. The molecule has 6 nitrogen and oxygen atoms in total. The molecule has 0 aliphatic carbocycles. The van der Waals surface area contributed by atoms with Crippen LogP contribution < -0.4 is 10.1 Å². The Bertz CT molecular complexity index is 615. The first kappa shape index (κ1) is 18.3. The number of aliphatic hydroxyl groups is 1. The van der Waals surface area contributed by atoms with Crippen LogP contribution >= 0.6 is 0 Å². The quantitative estimate of drug-likeness (QED) is 0.750. The highest BCUT2D eigenvalue weighted by Crippen LogP contribution is 2.28. The second-order valence-corrected chi connectivity index (χ2v) is 6.78. The van der Waals surface area contributed by atoms with E-state index < -0.39 is 17.7 Å². The Kier molecular flexibility index (Phi) is 5.49. The Labute approximate surface area is 142 Å². The Hall–Kier alpha value is -2.08. The molecule has 1 aromatic rings. The first-order valence-corrected chi connectivity index (χ1v) is 8.30. The van der Waals surface area contributed by atoms with Gasteiger partial charge in [-0.2, -0.15) is 0 Å². The first-order chi connectivity index (χ1) is 11.3. The normalized spacial score (nSPS) is 19.1. The lowest BCUT2D eigenvalue weighted by Gasteiger charge is -2.21.